The number of aliphatic carboxylic acids is 1. The summed E-state index contributed by atoms with van der Waals surface area (Å²) in [5.41, 5.74) is -0.480. The van der Waals surface area contributed by atoms with Crippen LogP contribution in [0.25, 0.3) is 0 Å². The maximum atomic E-state index is 13.3. The fraction of sp³-hybridized carbons (Fsp3) is 0.833. The summed E-state index contributed by atoms with van der Waals surface area (Å²) in [6, 6.07) is 0. The summed E-state index contributed by atoms with van der Waals surface area (Å²) in [5, 5.41) is 9.07. The third kappa shape index (κ3) is 3.02. The lowest BCUT2D eigenvalue weighted by molar-refractivity contribution is -0.167. The zero-order chi connectivity index (χ0) is 21.1. The normalized spacial score (nSPS) is 45.3. The highest BCUT2D eigenvalue weighted by atomic mass is 16.4. The van der Waals surface area contributed by atoms with Crippen LogP contribution in [0.2, 0.25) is 0 Å². The van der Waals surface area contributed by atoms with Gasteiger partial charge in [-0.3, -0.25) is 19.2 Å². The summed E-state index contributed by atoms with van der Waals surface area (Å²) in [7, 11) is 0. The first kappa shape index (κ1) is 20.7. The summed E-state index contributed by atoms with van der Waals surface area (Å²) >= 11 is 0. The monoisotopic (exact) mass is 402 g/mol. The first-order chi connectivity index (χ1) is 13.6. The molecule has 1 N–H and O–H groups in total. The van der Waals surface area contributed by atoms with E-state index in [0.717, 1.165) is 25.7 Å². The average molecular weight is 403 g/mol. The van der Waals surface area contributed by atoms with E-state index in [1.54, 1.807) is 0 Å². The number of fused-ring (bicyclic) bond motifs is 5. The van der Waals surface area contributed by atoms with Crippen LogP contribution in [0.3, 0.4) is 0 Å². The third-order valence-electron chi connectivity index (χ3n) is 9.71. The van der Waals surface area contributed by atoms with Crippen LogP contribution in [-0.4, -0.2) is 28.4 Å². The molecule has 0 heterocycles. The van der Waals surface area contributed by atoms with E-state index in [1.807, 2.05) is 6.92 Å². The molecule has 0 amide bonds. The SMILES string of the molecule is C[C@H](CCC(=O)O)[C@H]1CC[C@H]2[C@@H]3C(=O)C[C@@H]4CC(=O)CC(=O)[C@]4(C)[C@H]3CC[C@]12C. The van der Waals surface area contributed by atoms with Crippen molar-refractivity contribution in [3.8, 4) is 0 Å². The summed E-state index contributed by atoms with van der Waals surface area (Å²) in [6.07, 6.45) is 5.60. The number of carbonyl (C=O) groups is 4. The van der Waals surface area contributed by atoms with Gasteiger partial charge in [0.05, 0.1) is 6.42 Å². The van der Waals surface area contributed by atoms with E-state index < -0.39 is 11.4 Å². The Morgan fingerprint density at radius 1 is 1.10 bits per heavy atom. The minimum absolute atomic E-state index is 0.00226. The van der Waals surface area contributed by atoms with Crippen molar-refractivity contribution in [1.29, 1.82) is 0 Å². The molecule has 160 valence electrons. The molecule has 0 unspecified atom stereocenters. The molecule has 8 atom stereocenters. The number of ketones is 3. The fourth-order valence-electron chi connectivity index (χ4n) is 8.12. The number of Topliss-reactive ketones (excluding diaryl/α,β-unsaturated/α-hetero) is 3. The largest absolute Gasteiger partial charge is 0.481 e. The van der Waals surface area contributed by atoms with Gasteiger partial charge < -0.3 is 5.11 Å². The Kier molecular flexibility index (Phi) is 5.02. The zero-order valence-electron chi connectivity index (χ0n) is 17.9. The van der Waals surface area contributed by atoms with Crippen molar-refractivity contribution >= 4 is 23.3 Å². The highest BCUT2D eigenvalue weighted by Gasteiger charge is 2.65. The number of carbonyl (C=O) groups excluding carboxylic acids is 3. The van der Waals surface area contributed by atoms with Crippen molar-refractivity contribution in [2.24, 2.45) is 46.3 Å². The van der Waals surface area contributed by atoms with Crippen molar-refractivity contribution in [3.63, 3.8) is 0 Å². The molecule has 4 fully saturated rings. The van der Waals surface area contributed by atoms with Crippen molar-refractivity contribution in [2.75, 3.05) is 0 Å². The summed E-state index contributed by atoms with van der Waals surface area (Å²) in [5.74, 6) is 0.538. The molecule has 5 heteroatoms. The molecule has 29 heavy (non-hydrogen) atoms. The van der Waals surface area contributed by atoms with Crippen LogP contribution in [0.4, 0.5) is 0 Å². The van der Waals surface area contributed by atoms with E-state index in [4.69, 9.17) is 5.11 Å². The van der Waals surface area contributed by atoms with Crippen LogP contribution in [0.1, 0.15) is 78.6 Å². The topological polar surface area (TPSA) is 88.5 Å². The number of carboxylic acid groups (broad SMARTS) is 1. The van der Waals surface area contributed by atoms with Crippen molar-refractivity contribution in [3.05, 3.63) is 0 Å². The maximum absolute atomic E-state index is 13.3. The Labute approximate surface area is 173 Å². The van der Waals surface area contributed by atoms with E-state index >= 15 is 0 Å². The van der Waals surface area contributed by atoms with Gasteiger partial charge in [-0.1, -0.05) is 20.8 Å². The molecular weight excluding hydrogens is 368 g/mol. The fourth-order valence-corrected chi connectivity index (χ4v) is 8.12. The molecule has 0 aromatic rings. The van der Waals surface area contributed by atoms with Gasteiger partial charge in [-0.15, -0.1) is 0 Å². The Morgan fingerprint density at radius 2 is 1.83 bits per heavy atom. The van der Waals surface area contributed by atoms with E-state index in [1.165, 1.54) is 0 Å². The van der Waals surface area contributed by atoms with Gasteiger partial charge in [0.25, 0.3) is 0 Å². The number of carboxylic acids is 1. The van der Waals surface area contributed by atoms with E-state index in [9.17, 15) is 19.2 Å². The van der Waals surface area contributed by atoms with Crippen molar-refractivity contribution in [2.45, 2.75) is 78.6 Å². The minimum Gasteiger partial charge on any atom is -0.481 e. The van der Waals surface area contributed by atoms with Gasteiger partial charge in [0, 0.05) is 30.6 Å². The number of rotatable bonds is 4. The standard InChI is InChI=1S/C24H34O5/c1-13(4-7-21(28)29)16-5-6-17-22-18(8-9-23(16,17)2)24(3)14(11-19(22)26)10-15(25)12-20(24)27/h13-14,16-18,22H,4-12H2,1-3H3,(H,28,29)/t13-,14+,16-,17+,18+,22+,23-,24+/m1/s1. The zero-order valence-corrected chi connectivity index (χ0v) is 17.9. The average Bonchev–Trinajstić information content (AvgIpc) is 2.99. The lowest BCUT2D eigenvalue weighted by atomic mass is 9.44. The van der Waals surface area contributed by atoms with Crippen molar-refractivity contribution < 1.29 is 24.3 Å². The highest BCUT2D eigenvalue weighted by Crippen LogP contribution is 2.66. The van der Waals surface area contributed by atoms with Gasteiger partial charge in [-0.25, -0.2) is 0 Å². The molecule has 0 aromatic heterocycles. The molecule has 0 radical (unpaired) electrons. The molecule has 0 aliphatic heterocycles. The van der Waals surface area contributed by atoms with Crippen LogP contribution in [0.15, 0.2) is 0 Å². The lowest BCUT2D eigenvalue weighted by Gasteiger charge is -2.58. The van der Waals surface area contributed by atoms with Crippen molar-refractivity contribution in [1.82, 2.24) is 0 Å². The van der Waals surface area contributed by atoms with Gasteiger partial charge in [-0.2, -0.15) is 0 Å². The van der Waals surface area contributed by atoms with Gasteiger partial charge in [0.2, 0.25) is 0 Å². The number of hydrogen-bond acceptors (Lipinski definition) is 4. The Hall–Kier alpha value is -1.52. The van der Waals surface area contributed by atoms with E-state index in [-0.39, 0.29) is 59.3 Å². The Bertz CT molecular complexity index is 756. The molecule has 0 bridgehead atoms. The summed E-state index contributed by atoms with van der Waals surface area (Å²) in [4.78, 5) is 49.4. The summed E-state index contributed by atoms with van der Waals surface area (Å²) in [6.45, 7) is 6.53. The first-order valence-electron chi connectivity index (χ1n) is 11.4. The second-order valence-corrected chi connectivity index (χ2v) is 10.9. The predicted molar refractivity (Wildman–Crippen MR) is 107 cm³/mol. The van der Waals surface area contributed by atoms with Crippen LogP contribution < -0.4 is 0 Å². The molecule has 0 saturated heterocycles. The van der Waals surface area contributed by atoms with E-state index in [2.05, 4.69) is 13.8 Å². The molecule has 4 rings (SSSR count). The molecule has 4 aliphatic rings. The quantitative estimate of drug-likeness (QED) is 0.716. The molecule has 0 aromatic carbocycles. The van der Waals surface area contributed by atoms with Crippen LogP contribution in [0, 0.1) is 46.3 Å². The highest BCUT2D eigenvalue weighted by molar-refractivity contribution is 6.06. The lowest BCUT2D eigenvalue weighted by Crippen LogP contribution is -2.60. The maximum Gasteiger partial charge on any atom is 0.303 e. The molecule has 4 saturated carbocycles. The minimum atomic E-state index is -0.743. The molecular formula is C24H34O5. The Balaban J connectivity index is 1.61. The van der Waals surface area contributed by atoms with Crippen LogP contribution in [-0.2, 0) is 19.2 Å². The second kappa shape index (κ2) is 7.02. The molecule has 0 spiro atoms. The van der Waals surface area contributed by atoms with Crippen LogP contribution >= 0.6 is 0 Å². The van der Waals surface area contributed by atoms with Crippen LogP contribution in [0.5, 0.6) is 0 Å². The van der Waals surface area contributed by atoms with Gasteiger partial charge >= 0.3 is 5.97 Å². The van der Waals surface area contributed by atoms with E-state index in [0.29, 0.717) is 31.1 Å². The smallest absolute Gasteiger partial charge is 0.303 e. The molecule has 4 aliphatic carbocycles. The predicted octanol–water partition coefficient (Wildman–Crippen LogP) is 4.07. The molecule has 5 nitrogen and oxygen atoms in total. The van der Waals surface area contributed by atoms with Gasteiger partial charge in [0.15, 0.2) is 0 Å². The summed E-state index contributed by atoms with van der Waals surface area (Å²) < 4.78 is 0. The first-order valence-corrected chi connectivity index (χ1v) is 11.4. The second-order valence-electron chi connectivity index (χ2n) is 10.9. The third-order valence-corrected chi connectivity index (χ3v) is 9.71. The number of hydrogen-bond donors (Lipinski definition) is 1. The van der Waals surface area contributed by atoms with Gasteiger partial charge in [-0.05, 0) is 67.1 Å². The van der Waals surface area contributed by atoms with Gasteiger partial charge in [0.1, 0.15) is 17.3 Å². The Morgan fingerprint density at radius 3 is 2.52 bits per heavy atom.